The zero-order valence-electron chi connectivity index (χ0n) is 12.4. The highest BCUT2D eigenvalue weighted by atomic mass is 16.5. The first-order chi connectivity index (χ1) is 10.1. The Kier molecular flexibility index (Phi) is 3.68. The maximum absolute atomic E-state index is 11.2. The van der Waals surface area contributed by atoms with Crippen molar-refractivity contribution >= 4 is 17.0 Å². The van der Waals surface area contributed by atoms with Crippen LogP contribution >= 0.6 is 0 Å². The average Bonchev–Trinajstić information content (AvgIpc) is 2.76. The summed E-state index contributed by atoms with van der Waals surface area (Å²) in [7, 11) is 1.74. The van der Waals surface area contributed by atoms with E-state index in [2.05, 4.69) is 16.5 Å². The molecule has 1 heterocycles. The largest absolute Gasteiger partial charge is 0.478 e. The normalized spacial score (nSPS) is 21.4. The number of hydrogen-bond acceptors (Lipinski definition) is 3. The molecule has 1 aliphatic rings. The van der Waals surface area contributed by atoms with Gasteiger partial charge in [-0.1, -0.05) is 6.92 Å². The molecule has 1 saturated carbocycles. The maximum Gasteiger partial charge on any atom is 0.335 e. The zero-order valence-corrected chi connectivity index (χ0v) is 12.4. The summed E-state index contributed by atoms with van der Waals surface area (Å²) in [6.07, 6.45) is 4.18. The van der Waals surface area contributed by atoms with Crippen LogP contribution in [-0.4, -0.2) is 33.8 Å². The lowest BCUT2D eigenvalue weighted by atomic mass is 9.88. The summed E-state index contributed by atoms with van der Waals surface area (Å²) in [6, 6.07) is 5.53. The lowest BCUT2D eigenvalue weighted by molar-refractivity contribution is 0.00657. The smallest absolute Gasteiger partial charge is 0.335 e. The molecule has 5 nitrogen and oxygen atoms in total. The molecule has 0 amide bonds. The predicted molar refractivity (Wildman–Crippen MR) is 79.8 cm³/mol. The number of ether oxygens (including phenoxy) is 1. The summed E-state index contributed by atoms with van der Waals surface area (Å²) in [6.45, 7) is 2.13. The fraction of sp³-hybridized carbons (Fsp3) is 0.500. The van der Waals surface area contributed by atoms with Crippen LogP contribution in [0, 0.1) is 0 Å². The minimum atomic E-state index is -0.898. The summed E-state index contributed by atoms with van der Waals surface area (Å²) >= 11 is 0. The first-order valence-corrected chi connectivity index (χ1v) is 7.41. The van der Waals surface area contributed by atoms with Gasteiger partial charge in [0.05, 0.1) is 22.7 Å². The Morgan fingerprint density at radius 3 is 2.86 bits per heavy atom. The molecule has 0 atom stereocenters. The summed E-state index contributed by atoms with van der Waals surface area (Å²) in [4.78, 5) is 15.9. The number of aromatic nitrogens is 2. The third-order valence-corrected chi connectivity index (χ3v) is 4.25. The van der Waals surface area contributed by atoms with Crippen molar-refractivity contribution in [3.8, 4) is 0 Å². The lowest BCUT2D eigenvalue weighted by Crippen LogP contribution is -2.33. The minimum absolute atomic E-state index is 0.310. The molecule has 2 aromatic rings. The van der Waals surface area contributed by atoms with Crippen LogP contribution < -0.4 is 0 Å². The number of benzene rings is 1. The van der Waals surface area contributed by atoms with Gasteiger partial charge in [0.25, 0.3) is 0 Å². The van der Waals surface area contributed by atoms with E-state index in [4.69, 9.17) is 4.74 Å². The van der Waals surface area contributed by atoms with E-state index in [0.29, 0.717) is 17.7 Å². The van der Waals surface area contributed by atoms with Crippen LogP contribution in [0.1, 0.15) is 48.4 Å². The Morgan fingerprint density at radius 1 is 1.48 bits per heavy atom. The number of aryl methyl sites for hydroxylation is 1. The van der Waals surface area contributed by atoms with Crippen LogP contribution in [0.2, 0.25) is 0 Å². The number of carboxylic acids is 1. The standard InChI is InChI=1S/C16H20N2O3/c1-3-4-15-17-13-6-5-10(16(19)20)7-14(13)18(15)11-8-12(9-11)21-2/h5-7,11-12H,3-4,8-9H2,1-2H3,(H,19,20). The topological polar surface area (TPSA) is 64.3 Å². The van der Waals surface area contributed by atoms with Crippen molar-refractivity contribution in [3.63, 3.8) is 0 Å². The van der Waals surface area contributed by atoms with Crippen molar-refractivity contribution in [2.75, 3.05) is 7.11 Å². The second kappa shape index (κ2) is 5.48. The predicted octanol–water partition coefficient (Wildman–Crippen LogP) is 3.04. The van der Waals surface area contributed by atoms with Crippen LogP contribution in [-0.2, 0) is 11.2 Å². The van der Waals surface area contributed by atoms with E-state index < -0.39 is 5.97 Å². The molecule has 5 heteroatoms. The van der Waals surface area contributed by atoms with Gasteiger partial charge >= 0.3 is 5.97 Å². The van der Waals surface area contributed by atoms with Crippen molar-refractivity contribution < 1.29 is 14.6 Å². The lowest BCUT2D eigenvalue weighted by Gasteiger charge is -2.36. The number of nitrogens with zero attached hydrogens (tertiary/aromatic N) is 2. The fourth-order valence-corrected chi connectivity index (χ4v) is 3.02. The van der Waals surface area contributed by atoms with Gasteiger partial charge in [0.2, 0.25) is 0 Å². The average molecular weight is 288 g/mol. The number of hydrogen-bond donors (Lipinski definition) is 1. The van der Waals surface area contributed by atoms with E-state index in [1.54, 1.807) is 25.3 Å². The zero-order chi connectivity index (χ0) is 15.0. The fourth-order valence-electron chi connectivity index (χ4n) is 3.02. The third-order valence-electron chi connectivity index (χ3n) is 4.25. The van der Waals surface area contributed by atoms with E-state index in [9.17, 15) is 9.90 Å². The summed E-state index contributed by atoms with van der Waals surface area (Å²) in [5.74, 6) is 0.152. The molecule has 21 heavy (non-hydrogen) atoms. The van der Waals surface area contributed by atoms with Crippen LogP contribution in [0.3, 0.4) is 0 Å². The molecule has 3 rings (SSSR count). The van der Waals surface area contributed by atoms with Crippen molar-refractivity contribution in [2.24, 2.45) is 0 Å². The molecule has 0 aliphatic heterocycles. The van der Waals surface area contributed by atoms with Gasteiger partial charge in [0, 0.05) is 19.6 Å². The second-order valence-electron chi connectivity index (χ2n) is 5.64. The number of fused-ring (bicyclic) bond motifs is 1. The number of rotatable bonds is 5. The van der Waals surface area contributed by atoms with Gasteiger partial charge < -0.3 is 14.4 Å². The molecule has 0 radical (unpaired) electrons. The number of aromatic carboxylic acids is 1. The van der Waals surface area contributed by atoms with E-state index >= 15 is 0 Å². The molecule has 1 aromatic heterocycles. The molecule has 0 bridgehead atoms. The van der Waals surface area contributed by atoms with Gasteiger partial charge in [-0.25, -0.2) is 9.78 Å². The first-order valence-electron chi connectivity index (χ1n) is 7.41. The van der Waals surface area contributed by atoms with Gasteiger partial charge in [-0.15, -0.1) is 0 Å². The van der Waals surface area contributed by atoms with Crippen molar-refractivity contribution in [3.05, 3.63) is 29.6 Å². The van der Waals surface area contributed by atoms with Gasteiger partial charge in [-0.05, 0) is 37.5 Å². The molecular formula is C16H20N2O3. The Balaban J connectivity index is 2.06. The Bertz CT molecular complexity index is 671. The van der Waals surface area contributed by atoms with E-state index in [1.807, 2.05) is 0 Å². The highest BCUT2D eigenvalue weighted by molar-refractivity contribution is 5.92. The van der Waals surface area contributed by atoms with Gasteiger partial charge in [0.1, 0.15) is 5.82 Å². The summed E-state index contributed by atoms with van der Waals surface area (Å²) in [5.41, 5.74) is 2.12. The molecule has 1 N–H and O–H groups in total. The highest BCUT2D eigenvalue weighted by Crippen LogP contribution is 2.37. The number of imidazole rings is 1. The van der Waals surface area contributed by atoms with E-state index in [0.717, 1.165) is 42.5 Å². The van der Waals surface area contributed by atoms with Crippen molar-refractivity contribution in [2.45, 2.75) is 44.8 Å². The SMILES string of the molecule is CCCc1nc2ccc(C(=O)O)cc2n1C1CC(OC)C1. The second-order valence-corrected chi connectivity index (χ2v) is 5.64. The number of methoxy groups -OCH3 is 1. The highest BCUT2D eigenvalue weighted by Gasteiger charge is 2.33. The molecule has 112 valence electrons. The van der Waals surface area contributed by atoms with Crippen LogP contribution in [0.4, 0.5) is 0 Å². The first kappa shape index (κ1) is 14.1. The van der Waals surface area contributed by atoms with Crippen molar-refractivity contribution in [1.82, 2.24) is 9.55 Å². The Hall–Kier alpha value is -1.88. The van der Waals surface area contributed by atoms with Gasteiger partial charge in [-0.2, -0.15) is 0 Å². The van der Waals surface area contributed by atoms with Crippen LogP contribution in [0.25, 0.3) is 11.0 Å². The molecule has 1 aromatic carbocycles. The molecule has 1 fully saturated rings. The van der Waals surface area contributed by atoms with E-state index in [1.165, 1.54) is 0 Å². The summed E-state index contributed by atoms with van der Waals surface area (Å²) < 4.78 is 7.58. The summed E-state index contributed by atoms with van der Waals surface area (Å²) in [5, 5.41) is 9.19. The van der Waals surface area contributed by atoms with Crippen LogP contribution in [0.5, 0.6) is 0 Å². The van der Waals surface area contributed by atoms with Crippen LogP contribution in [0.15, 0.2) is 18.2 Å². The maximum atomic E-state index is 11.2. The molecule has 0 saturated heterocycles. The number of carbonyl (C=O) groups is 1. The third kappa shape index (κ3) is 2.42. The molecular weight excluding hydrogens is 268 g/mol. The van der Waals surface area contributed by atoms with E-state index in [-0.39, 0.29) is 0 Å². The van der Waals surface area contributed by atoms with Gasteiger partial charge in [-0.3, -0.25) is 0 Å². The quantitative estimate of drug-likeness (QED) is 0.918. The van der Waals surface area contributed by atoms with Gasteiger partial charge in [0.15, 0.2) is 0 Å². The Labute approximate surface area is 123 Å². The molecule has 0 unspecified atom stereocenters. The molecule has 1 aliphatic carbocycles. The monoisotopic (exact) mass is 288 g/mol. The minimum Gasteiger partial charge on any atom is -0.478 e. The molecule has 0 spiro atoms. The number of carboxylic acid groups (broad SMARTS) is 1. The van der Waals surface area contributed by atoms with Crippen molar-refractivity contribution in [1.29, 1.82) is 0 Å². The Morgan fingerprint density at radius 2 is 2.24 bits per heavy atom.